The molecule has 0 aromatic heterocycles. The van der Waals surface area contributed by atoms with Gasteiger partial charge < -0.3 is 10.2 Å². The number of aliphatic carboxylic acids is 2. The number of carboxylic acid groups (broad SMARTS) is 2. The van der Waals surface area contributed by atoms with Crippen molar-refractivity contribution in [2.75, 3.05) is 0 Å². The van der Waals surface area contributed by atoms with Crippen molar-refractivity contribution in [3.63, 3.8) is 0 Å². The summed E-state index contributed by atoms with van der Waals surface area (Å²) in [5, 5.41) is 18.2. The average molecular weight is 639 g/mol. The van der Waals surface area contributed by atoms with E-state index in [1.165, 1.54) is 29.5 Å². The van der Waals surface area contributed by atoms with E-state index in [4.69, 9.17) is 19.8 Å². The molecule has 7 heteroatoms. The van der Waals surface area contributed by atoms with Crippen LogP contribution in [0.25, 0.3) is 0 Å². The zero-order valence-corrected chi connectivity index (χ0v) is 29.7. The molecule has 256 valence electrons. The van der Waals surface area contributed by atoms with Gasteiger partial charge in [0.25, 0.3) is 0 Å². The van der Waals surface area contributed by atoms with Crippen LogP contribution in [0.2, 0.25) is 0 Å². The number of aryl methyl sites for hydroxylation is 4. The summed E-state index contributed by atoms with van der Waals surface area (Å²) < 4.78 is 0. The SMILES string of the molecule is CC(=O)C(C)(C)CCc1ccc(CCC(C)(C)C(=O)O)cc1.CC(C)CCCc1ccc(CCCC(C)(C)C(=O)O)cc1.O=C=O. The molecule has 2 rings (SSSR count). The van der Waals surface area contributed by atoms with Crippen molar-refractivity contribution in [2.45, 2.75) is 127 Å². The number of Topliss-reactive ketones (excluding diaryl/α,β-unsaturated/α-hetero) is 1. The lowest BCUT2D eigenvalue weighted by atomic mass is 9.82. The minimum Gasteiger partial charge on any atom is -0.481 e. The highest BCUT2D eigenvalue weighted by Gasteiger charge is 2.27. The molecule has 0 unspecified atom stereocenters. The highest BCUT2D eigenvalue weighted by atomic mass is 16.4. The van der Waals surface area contributed by atoms with E-state index in [0.717, 1.165) is 56.4 Å². The number of rotatable bonds is 17. The second kappa shape index (κ2) is 20.5. The summed E-state index contributed by atoms with van der Waals surface area (Å²) in [7, 11) is 0. The molecule has 0 atom stereocenters. The number of carbonyl (C=O) groups excluding carboxylic acids is 3. The zero-order chi connectivity index (χ0) is 35.6. The van der Waals surface area contributed by atoms with Crippen LogP contribution < -0.4 is 0 Å². The van der Waals surface area contributed by atoms with Crippen LogP contribution in [-0.4, -0.2) is 34.1 Å². The maximum atomic E-state index is 11.5. The van der Waals surface area contributed by atoms with Gasteiger partial charge in [-0.1, -0.05) is 82.6 Å². The van der Waals surface area contributed by atoms with Crippen molar-refractivity contribution in [3.8, 4) is 0 Å². The van der Waals surface area contributed by atoms with Crippen molar-refractivity contribution in [2.24, 2.45) is 22.2 Å². The molecular weight excluding hydrogens is 580 g/mol. The quantitative estimate of drug-likeness (QED) is 0.177. The van der Waals surface area contributed by atoms with Gasteiger partial charge in [-0.15, -0.1) is 0 Å². The van der Waals surface area contributed by atoms with Gasteiger partial charge in [0, 0.05) is 5.41 Å². The van der Waals surface area contributed by atoms with Gasteiger partial charge >= 0.3 is 18.1 Å². The smallest absolute Gasteiger partial charge is 0.373 e. The monoisotopic (exact) mass is 638 g/mol. The zero-order valence-electron chi connectivity index (χ0n) is 29.7. The van der Waals surface area contributed by atoms with Crippen LogP contribution in [0.15, 0.2) is 48.5 Å². The second-order valence-electron chi connectivity index (χ2n) is 14.7. The predicted octanol–water partition coefficient (Wildman–Crippen LogP) is 8.79. The second-order valence-corrected chi connectivity index (χ2v) is 14.7. The summed E-state index contributed by atoms with van der Waals surface area (Å²) in [6.45, 7) is 17.3. The van der Waals surface area contributed by atoms with Crippen molar-refractivity contribution >= 4 is 23.9 Å². The molecule has 0 aliphatic carbocycles. The minimum atomic E-state index is -0.754. The lowest BCUT2D eigenvalue weighted by Gasteiger charge is -2.21. The Bertz CT molecular complexity index is 1180. The number of carboxylic acids is 2. The third-order valence-corrected chi connectivity index (χ3v) is 8.75. The Hall–Kier alpha value is -3.57. The summed E-state index contributed by atoms with van der Waals surface area (Å²) in [5.74, 6) is -0.458. The molecule has 2 aromatic carbocycles. The maximum absolute atomic E-state index is 11.5. The Balaban J connectivity index is 0.000000811. The topological polar surface area (TPSA) is 126 Å². The number of ketones is 1. The van der Waals surface area contributed by atoms with E-state index in [9.17, 15) is 14.4 Å². The van der Waals surface area contributed by atoms with Crippen molar-refractivity contribution in [3.05, 3.63) is 70.8 Å². The fourth-order valence-corrected chi connectivity index (χ4v) is 4.50. The highest BCUT2D eigenvalue weighted by Crippen LogP contribution is 2.26. The first-order valence-electron chi connectivity index (χ1n) is 16.4. The molecule has 0 saturated carbocycles. The average Bonchev–Trinajstić information content (AvgIpc) is 2.97. The van der Waals surface area contributed by atoms with E-state index in [-0.39, 0.29) is 17.3 Å². The molecule has 2 aromatic rings. The molecule has 0 amide bonds. The first-order valence-corrected chi connectivity index (χ1v) is 16.4. The summed E-state index contributed by atoms with van der Waals surface area (Å²) in [4.78, 5) is 49.9. The molecule has 0 radical (unpaired) electrons. The van der Waals surface area contributed by atoms with Crippen LogP contribution in [0.5, 0.6) is 0 Å². The molecular formula is C39H58O7. The normalized spacial score (nSPS) is 11.4. The summed E-state index contributed by atoms with van der Waals surface area (Å²) in [5.41, 5.74) is 3.51. The van der Waals surface area contributed by atoms with E-state index >= 15 is 0 Å². The first kappa shape index (κ1) is 42.4. The van der Waals surface area contributed by atoms with Crippen LogP contribution in [-0.2, 0) is 49.7 Å². The Morgan fingerprint density at radius 2 is 0.891 bits per heavy atom. The summed E-state index contributed by atoms with van der Waals surface area (Å²) in [6.07, 6.45) is 9.66. The van der Waals surface area contributed by atoms with E-state index < -0.39 is 22.8 Å². The van der Waals surface area contributed by atoms with Gasteiger partial charge in [-0.2, -0.15) is 9.59 Å². The largest absolute Gasteiger partial charge is 0.481 e. The standard InChI is InChI=1S/C19H28O3.C19H30O2.CO2/c1-14(20)18(2,3)12-10-15-6-8-16(9-7-15)11-13-19(4,5)17(21)22;1-15(2)7-5-8-16-10-12-17(13-11-16)9-6-14-19(3,4)18(20)21;2-1-3/h6-9H,10-13H2,1-5H3,(H,21,22);10-13,15H,5-9,14H2,1-4H3,(H,20,21);. The number of hydrogen-bond donors (Lipinski definition) is 2. The van der Waals surface area contributed by atoms with Crippen LogP contribution in [0.4, 0.5) is 0 Å². The lowest BCUT2D eigenvalue weighted by Crippen LogP contribution is -2.24. The van der Waals surface area contributed by atoms with E-state index in [1.807, 2.05) is 13.8 Å². The third-order valence-electron chi connectivity index (χ3n) is 8.75. The van der Waals surface area contributed by atoms with Crippen LogP contribution in [0.3, 0.4) is 0 Å². The Morgan fingerprint density at radius 1 is 0.587 bits per heavy atom. The molecule has 0 fully saturated rings. The van der Waals surface area contributed by atoms with E-state index in [1.54, 1.807) is 34.6 Å². The molecule has 46 heavy (non-hydrogen) atoms. The Morgan fingerprint density at radius 3 is 1.22 bits per heavy atom. The van der Waals surface area contributed by atoms with E-state index in [0.29, 0.717) is 6.42 Å². The van der Waals surface area contributed by atoms with Crippen molar-refractivity contribution in [1.29, 1.82) is 0 Å². The first-order chi connectivity index (χ1) is 21.3. The fraction of sp³-hybridized carbons (Fsp3) is 0.590. The van der Waals surface area contributed by atoms with Gasteiger partial charge in [-0.3, -0.25) is 14.4 Å². The molecule has 0 bridgehead atoms. The van der Waals surface area contributed by atoms with Crippen LogP contribution in [0, 0.1) is 22.2 Å². The molecule has 7 nitrogen and oxygen atoms in total. The predicted molar refractivity (Wildman–Crippen MR) is 183 cm³/mol. The molecule has 2 N–H and O–H groups in total. The third kappa shape index (κ3) is 17.8. The number of hydrogen-bond acceptors (Lipinski definition) is 5. The van der Waals surface area contributed by atoms with Gasteiger partial charge in [0.05, 0.1) is 10.8 Å². The molecule has 0 aliphatic rings. The van der Waals surface area contributed by atoms with Crippen molar-refractivity contribution < 1.29 is 34.2 Å². The minimum absolute atomic E-state index is 0.222. The Kier molecular flexibility index (Phi) is 18.9. The summed E-state index contributed by atoms with van der Waals surface area (Å²) >= 11 is 0. The lowest BCUT2D eigenvalue weighted by molar-refractivity contribution is -0.191. The van der Waals surface area contributed by atoms with Gasteiger partial charge in [-0.25, -0.2) is 0 Å². The highest BCUT2D eigenvalue weighted by molar-refractivity contribution is 5.81. The van der Waals surface area contributed by atoms with Gasteiger partial charge in [0.2, 0.25) is 0 Å². The van der Waals surface area contributed by atoms with E-state index in [2.05, 4.69) is 62.4 Å². The fourth-order valence-electron chi connectivity index (χ4n) is 4.50. The molecule has 0 spiro atoms. The number of carbonyl (C=O) groups is 3. The Labute approximate surface area is 277 Å². The van der Waals surface area contributed by atoms with Gasteiger partial charge in [-0.05, 0) is 121 Å². The van der Waals surface area contributed by atoms with Crippen LogP contribution in [0.1, 0.15) is 123 Å². The summed E-state index contributed by atoms with van der Waals surface area (Å²) in [6, 6.07) is 17.1. The molecule has 0 aliphatic heterocycles. The van der Waals surface area contributed by atoms with Crippen molar-refractivity contribution in [1.82, 2.24) is 0 Å². The number of benzene rings is 2. The van der Waals surface area contributed by atoms with Gasteiger partial charge in [0.1, 0.15) is 5.78 Å². The maximum Gasteiger partial charge on any atom is 0.373 e. The van der Waals surface area contributed by atoms with Gasteiger partial charge in [0.15, 0.2) is 0 Å². The molecule has 0 heterocycles. The molecule has 0 saturated heterocycles. The van der Waals surface area contributed by atoms with Crippen LogP contribution >= 0.6 is 0 Å².